The Morgan fingerprint density at radius 3 is 2.56 bits per heavy atom. The Bertz CT molecular complexity index is 418. The van der Waals surface area contributed by atoms with Gasteiger partial charge < -0.3 is 15.9 Å². The van der Waals surface area contributed by atoms with E-state index >= 15 is 0 Å². The van der Waals surface area contributed by atoms with Gasteiger partial charge in [0.25, 0.3) is 0 Å². The summed E-state index contributed by atoms with van der Waals surface area (Å²) in [4.78, 5) is 24.5. The van der Waals surface area contributed by atoms with Crippen LogP contribution in [0.25, 0.3) is 10.4 Å². The summed E-state index contributed by atoms with van der Waals surface area (Å²) >= 11 is 0. The summed E-state index contributed by atoms with van der Waals surface area (Å²) in [5.41, 5.74) is 12.4. The number of carboxylic acids is 2. The van der Waals surface area contributed by atoms with E-state index < -0.39 is 41.3 Å². The SMILES string of the molecule is [N-]=[N+]=N[C@H]1C[C@](N)(C(=O)O)[C@@H]2[C@H](C(=O)O)[C@H]21. The smallest absolute Gasteiger partial charge is 0.324 e. The average molecular weight is 226 g/mol. The van der Waals surface area contributed by atoms with E-state index in [0.717, 1.165) is 0 Å². The molecule has 8 heteroatoms. The van der Waals surface area contributed by atoms with Gasteiger partial charge in [-0.3, -0.25) is 9.59 Å². The molecule has 2 rings (SSSR count). The molecule has 2 aliphatic rings. The van der Waals surface area contributed by atoms with Gasteiger partial charge in [0, 0.05) is 16.9 Å². The number of hydrogen-bond acceptors (Lipinski definition) is 4. The van der Waals surface area contributed by atoms with Crippen molar-refractivity contribution in [3.05, 3.63) is 10.4 Å². The summed E-state index contributed by atoms with van der Waals surface area (Å²) in [5, 5.41) is 21.3. The molecule has 8 nitrogen and oxygen atoms in total. The van der Waals surface area contributed by atoms with Gasteiger partial charge in [0.15, 0.2) is 0 Å². The molecule has 0 aromatic rings. The summed E-state index contributed by atoms with van der Waals surface area (Å²) < 4.78 is 0. The van der Waals surface area contributed by atoms with Crippen molar-refractivity contribution in [2.24, 2.45) is 28.6 Å². The van der Waals surface area contributed by atoms with Gasteiger partial charge in [-0.1, -0.05) is 5.11 Å². The topological polar surface area (TPSA) is 149 Å². The van der Waals surface area contributed by atoms with E-state index in [-0.39, 0.29) is 6.42 Å². The number of azide groups is 1. The zero-order valence-corrected chi connectivity index (χ0v) is 8.15. The molecule has 0 aromatic heterocycles. The van der Waals surface area contributed by atoms with Gasteiger partial charge >= 0.3 is 11.9 Å². The van der Waals surface area contributed by atoms with Crippen LogP contribution in [0, 0.1) is 17.8 Å². The van der Waals surface area contributed by atoms with E-state index in [4.69, 9.17) is 21.5 Å². The number of fused-ring (bicyclic) bond motifs is 1. The fourth-order valence-electron chi connectivity index (χ4n) is 2.83. The molecule has 0 amide bonds. The van der Waals surface area contributed by atoms with Crippen LogP contribution in [0.1, 0.15) is 6.42 Å². The lowest BCUT2D eigenvalue weighted by atomic mass is 9.90. The van der Waals surface area contributed by atoms with Crippen molar-refractivity contribution in [1.82, 2.24) is 0 Å². The molecule has 0 heterocycles. The van der Waals surface area contributed by atoms with E-state index in [1.54, 1.807) is 0 Å². The van der Waals surface area contributed by atoms with Gasteiger partial charge in [0.2, 0.25) is 0 Å². The summed E-state index contributed by atoms with van der Waals surface area (Å²) in [6.07, 6.45) is 0.00546. The van der Waals surface area contributed by atoms with Crippen molar-refractivity contribution in [1.29, 1.82) is 0 Å². The molecule has 0 bridgehead atoms. The van der Waals surface area contributed by atoms with Crippen molar-refractivity contribution in [3.8, 4) is 0 Å². The Hall–Kier alpha value is -1.79. The Labute approximate surface area is 89.7 Å². The van der Waals surface area contributed by atoms with Gasteiger partial charge in [-0.2, -0.15) is 0 Å². The number of carboxylic acid groups (broad SMARTS) is 2. The van der Waals surface area contributed by atoms with Crippen LogP contribution in [-0.4, -0.2) is 33.7 Å². The predicted octanol–water partition coefficient (Wildman–Crippen LogP) is -0.202. The van der Waals surface area contributed by atoms with E-state index in [2.05, 4.69) is 10.0 Å². The first-order valence-electron chi connectivity index (χ1n) is 4.72. The lowest BCUT2D eigenvalue weighted by Gasteiger charge is -2.22. The van der Waals surface area contributed by atoms with Crippen molar-refractivity contribution < 1.29 is 19.8 Å². The molecule has 0 aliphatic heterocycles. The second-order valence-electron chi connectivity index (χ2n) is 4.29. The van der Waals surface area contributed by atoms with Crippen molar-refractivity contribution in [3.63, 3.8) is 0 Å². The second kappa shape index (κ2) is 3.10. The molecule has 2 saturated carbocycles. The highest BCUT2D eigenvalue weighted by molar-refractivity contribution is 5.85. The highest BCUT2D eigenvalue weighted by Gasteiger charge is 2.73. The fourth-order valence-corrected chi connectivity index (χ4v) is 2.83. The van der Waals surface area contributed by atoms with Crippen LogP contribution in [0.3, 0.4) is 0 Å². The third-order valence-corrected chi connectivity index (χ3v) is 3.54. The summed E-state index contributed by atoms with van der Waals surface area (Å²) in [7, 11) is 0. The maximum Gasteiger partial charge on any atom is 0.324 e. The van der Waals surface area contributed by atoms with Crippen LogP contribution in [0.4, 0.5) is 0 Å². The zero-order chi connectivity index (χ0) is 12.1. The molecule has 0 aromatic carbocycles. The van der Waals surface area contributed by atoms with Crippen LogP contribution >= 0.6 is 0 Å². The number of nitrogens with two attached hydrogens (primary N) is 1. The largest absolute Gasteiger partial charge is 0.481 e. The molecule has 0 saturated heterocycles. The lowest BCUT2D eigenvalue weighted by molar-refractivity contribution is -0.145. The Balaban J connectivity index is 2.32. The zero-order valence-electron chi connectivity index (χ0n) is 8.15. The van der Waals surface area contributed by atoms with E-state index in [0.29, 0.717) is 0 Å². The maximum atomic E-state index is 11.0. The molecular weight excluding hydrogens is 216 g/mol. The monoisotopic (exact) mass is 226 g/mol. The first kappa shape index (κ1) is 10.7. The van der Waals surface area contributed by atoms with Crippen LogP contribution in [-0.2, 0) is 9.59 Å². The quantitative estimate of drug-likeness (QED) is 0.346. The van der Waals surface area contributed by atoms with Gasteiger partial charge in [0.1, 0.15) is 5.54 Å². The first-order chi connectivity index (χ1) is 7.43. The molecule has 5 atom stereocenters. The van der Waals surface area contributed by atoms with Crippen LogP contribution in [0.2, 0.25) is 0 Å². The van der Waals surface area contributed by atoms with Gasteiger partial charge in [0.05, 0.1) is 5.92 Å². The standard InChI is InChI=1S/C8H10N4O4/c9-8(7(15)16)1-2(11-12-10)3-4(5(3)8)6(13)14/h2-5H,1,9H2,(H,13,14)(H,15,16)/t2-,3+,4+,5-,8+/m0/s1. The Morgan fingerprint density at radius 2 is 2.12 bits per heavy atom. The molecule has 86 valence electrons. The minimum Gasteiger partial charge on any atom is -0.481 e. The molecule has 0 radical (unpaired) electrons. The lowest BCUT2D eigenvalue weighted by Crippen LogP contribution is -2.50. The fraction of sp³-hybridized carbons (Fsp3) is 0.750. The second-order valence-corrected chi connectivity index (χ2v) is 4.29. The normalized spacial score (nSPS) is 44.3. The van der Waals surface area contributed by atoms with Gasteiger partial charge in [-0.25, -0.2) is 0 Å². The highest BCUT2D eigenvalue weighted by Crippen LogP contribution is 2.62. The Kier molecular flexibility index (Phi) is 2.08. The molecule has 4 N–H and O–H groups in total. The first-order valence-corrected chi connectivity index (χ1v) is 4.72. The van der Waals surface area contributed by atoms with E-state index in [1.807, 2.05) is 0 Å². The molecule has 2 fully saturated rings. The number of carbonyl (C=O) groups is 2. The third kappa shape index (κ3) is 1.17. The molecule has 0 spiro atoms. The number of hydrogen-bond donors (Lipinski definition) is 3. The minimum atomic E-state index is -1.58. The summed E-state index contributed by atoms with van der Waals surface area (Å²) in [6, 6.07) is -0.628. The molecular formula is C8H10N4O4. The van der Waals surface area contributed by atoms with Crippen LogP contribution < -0.4 is 5.73 Å². The highest BCUT2D eigenvalue weighted by atomic mass is 16.4. The van der Waals surface area contributed by atoms with Crippen LogP contribution in [0.15, 0.2) is 5.11 Å². The predicted molar refractivity (Wildman–Crippen MR) is 50.2 cm³/mol. The van der Waals surface area contributed by atoms with Crippen molar-refractivity contribution in [2.75, 3.05) is 0 Å². The van der Waals surface area contributed by atoms with Crippen LogP contribution in [0.5, 0.6) is 0 Å². The van der Waals surface area contributed by atoms with E-state index in [1.165, 1.54) is 0 Å². The Morgan fingerprint density at radius 1 is 1.50 bits per heavy atom. The molecule has 0 unspecified atom stereocenters. The maximum absolute atomic E-state index is 11.0. The summed E-state index contributed by atoms with van der Waals surface area (Å²) in [5.74, 6) is -4.18. The number of aliphatic carboxylic acids is 2. The van der Waals surface area contributed by atoms with Gasteiger partial charge in [-0.05, 0) is 17.9 Å². The number of rotatable bonds is 3. The molecule has 16 heavy (non-hydrogen) atoms. The number of nitrogens with zero attached hydrogens (tertiary/aromatic N) is 3. The third-order valence-electron chi connectivity index (χ3n) is 3.54. The molecule has 2 aliphatic carbocycles. The minimum absolute atomic E-state index is 0.00546. The summed E-state index contributed by atoms with van der Waals surface area (Å²) in [6.45, 7) is 0. The average Bonchev–Trinajstić information content (AvgIpc) is 2.85. The van der Waals surface area contributed by atoms with Gasteiger partial charge in [-0.15, -0.1) is 0 Å². The van der Waals surface area contributed by atoms with Crippen molar-refractivity contribution >= 4 is 11.9 Å². The van der Waals surface area contributed by atoms with Crippen molar-refractivity contribution in [2.45, 2.75) is 18.0 Å². The van der Waals surface area contributed by atoms with E-state index in [9.17, 15) is 9.59 Å².